The molecular weight excluding hydrogens is 297 g/mol. The van der Waals surface area contributed by atoms with Crippen LogP contribution in [0.15, 0.2) is 23.4 Å². The minimum atomic E-state index is -4.44. The van der Waals surface area contributed by atoms with Crippen molar-refractivity contribution in [1.29, 1.82) is 0 Å². The van der Waals surface area contributed by atoms with Crippen LogP contribution in [0.3, 0.4) is 0 Å². The smallest absolute Gasteiger partial charge is 0.410 e. The first-order valence-electron chi connectivity index (χ1n) is 7.06. The molecule has 122 valence electrons. The van der Waals surface area contributed by atoms with Gasteiger partial charge in [-0.2, -0.15) is 13.2 Å². The summed E-state index contributed by atoms with van der Waals surface area (Å²) in [5, 5.41) is 13.5. The summed E-state index contributed by atoms with van der Waals surface area (Å²) in [6, 6.07) is 4.03. The predicted molar refractivity (Wildman–Crippen MR) is 79.7 cm³/mol. The average Bonchev–Trinajstić information content (AvgIpc) is 2.52. The number of halogens is 3. The SMILES string of the molecule is CCN1CCN(c2ccc(N/C=N/O)cc2C(F)(F)F)CC1. The van der Waals surface area contributed by atoms with Crippen molar-refractivity contribution in [2.24, 2.45) is 5.16 Å². The Morgan fingerprint density at radius 1 is 1.27 bits per heavy atom. The van der Waals surface area contributed by atoms with E-state index in [1.54, 1.807) is 11.0 Å². The Bertz CT molecular complexity index is 525. The lowest BCUT2D eigenvalue weighted by Gasteiger charge is -2.36. The van der Waals surface area contributed by atoms with Crippen LogP contribution in [-0.2, 0) is 6.18 Å². The number of benzene rings is 1. The Balaban J connectivity index is 2.26. The fourth-order valence-corrected chi connectivity index (χ4v) is 2.54. The molecule has 0 spiro atoms. The average molecular weight is 316 g/mol. The van der Waals surface area contributed by atoms with E-state index in [2.05, 4.69) is 15.4 Å². The number of rotatable bonds is 4. The summed E-state index contributed by atoms with van der Waals surface area (Å²) in [5.41, 5.74) is -0.274. The van der Waals surface area contributed by atoms with Gasteiger partial charge in [-0.3, -0.25) is 0 Å². The summed E-state index contributed by atoms with van der Waals surface area (Å²) in [6.07, 6.45) is -3.51. The summed E-state index contributed by atoms with van der Waals surface area (Å²) < 4.78 is 39.9. The zero-order valence-electron chi connectivity index (χ0n) is 12.3. The molecule has 1 aliphatic heterocycles. The maximum Gasteiger partial charge on any atom is 0.418 e. The molecule has 1 heterocycles. The lowest BCUT2D eigenvalue weighted by Crippen LogP contribution is -2.46. The molecule has 5 nitrogen and oxygen atoms in total. The summed E-state index contributed by atoms with van der Waals surface area (Å²) in [5.74, 6) is 0. The van der Waals surface area contributed by atoms with Crippen LogP contribution in [0.5, 0.6) is 0 Å². The number of piperazine rings is 1. The zero-order valence-corrected chi connectivity index (χ0v) is 12.3. The van der Waals surface area contributed by atoms with Gasteiger partial charge in [0.05, 0.1) is 5.56 Å². The van der Waals surface area contributed by atoms with Gasteiger partial charge in [-0.1, -0.05) is 12.1 Å². The molecular formula is C14H19F3N4O. The highest BCUT2D eigenvalue weighted by molar-refractivity contribution is 5.77. The molecule has 0 unspecified atom stereocenters. The maximum absolute atomic E-state index is 13.3. The Labute approximate surface area is 127 Å². The minimum Gasteiger partial charge on any atom is -0.410 e. The van der Waals surface area contributed by atoms with E-state index in [0.717, 1.165) is 32.0 Å². The Kier molecular flexibility index (Phi) is 5.12. The van der Waals surface area contributed by atoms with Crippen molar-refractivity contribution < 1.29 is 18.4 Å². The first-order valence-corrected chi connectivity index (χ1v) is 7.06. The number of nitrogens with zero attached hydrogens (tertiary/aromatic N) is 3. The molecule has 1 fully saturated rings. The molecule has 0 saturated carbocycles. The van der Waals surface area contributed by atoms with Crippen LogP contribution in [0.2, 0.25) is 0 Å². The Morgan fingerprint density at radius 2 is 1.95 bits per heavy atom. The fourth-order valence-electron chi connectivity index (χ4n) is 2.54. The van der Waals surface area contributed by atoms with Gasteiger partial charge in [0.1, 0.15) is 6.34 Å². The maximum atomic E-state index is 13.3. The lowest BCUT2D eigenvalue weighted by atomic mass is 10.1. The van der Waals surface area contributed by atoms with E-state index < -0.39 is 11.7 Å². The number of likely N-dealkylation sites (N-methyl/N-ethyl adjacent to an activating group) is 1. The van der Waals surface area contributed by atoms with Gasteiger partial charge in [0.15, 0.2) is 0 Å². The van der Waals surface area contributed by atoms with Crippen LogP contribution in [0.4, 0.5) is 24.5 Å². The first-order chi connectivity index (χ1) is 10.5. The van der Waals surface area contributed by atoms with Crippen LogP contribution in [-0.4, -0.2) is 49.2 Å². The summed E-state index contributed by atoms with van der Waals surface area (Å²) >= 11 is 0. The molecule has 0 bridgehead atoms. The first kappa shape index (κ1) is 16.4. The molecule has 1 aromatic carbocycles. The van der Waals surface area contributed by atoms with Crippen molar-refractivity contribution in [3.63, 3.8) is 0 Å². The standard InChI is InChI=1S/C14H19F3N4O/c1-2-20-5-7-21(8-6-20)13-4-3-11(18-10-19-22)9-12(13)14(15,16)17/h3-4,9-10,22H,2,5-8H2,1H3,(H,18,19). The monoisotopic (exact) mass is 316 g/mol. The molecule has 0 aromatic heterocycles. The number of hydrogen-bond donors (Lipinski definition) is 2. The third kappa shape index (κ3) is 3.82. The zero-order chi connectivity index (χ0) is 16.2. The van der Waals surface area contributed by atoms with Gasteiger partial charge in [0, 0.05) is 37.6 Å². The van der Waals surface area contributed by atoms with Crippen LogP contribution in [0.25, 0.3) is 0 Å². The molecule has 0 atom stereocenters. The molecule has 0 radical (unpaired) electrons. The minimum absolute atomic E-state index is 0.190. The highest BCUT2D eigenvalue weighted by atomic mass is 19.4. The molecule has 8 heteroatoms. The van der Waals surface area contributed by atoms with Gasteiger partial charge in [-0.15, -0.1) is 0 Å². The molecule has 1 aromatic rings. The van der Waals surface area contributed by atoms with Crippen molar-refractivity contribution in [1.82, 2.24) is 4.90 Å². The van der Waals surface area contributed by atoms with Crippen LogP contribution in [0, 0.1) is 0 Å². The van der Waals surface area contributed by atoms with Gasteiger partial charge in [0.2, 0.25) is 0 Å². The van der Waals surface area contributed by atoms with E-state index in [1.807, 2.05) is 6.92 Å². The van der Waals surface area contributed by atoms with Crippen molar-refractivity contribution in [2.45, 2.75) is 13.1 Å². The van der Waals surface area contributed by atoms with Gasteiger partial charge in [-0.25, -0.2) is 0 Å². The normalized spacial score (nSPS) is 17.2. The lowest BCUT2D eigenvalue weighted by molar-refractivity contribution is -0.137. The third-order valence-electron chi connectivity index (χ3n) is 3.75. The third-order valence-corrected chi connectivity index (χ3v) is 3.75. The van der Waals surface area contributed by atoms with E-state index in [-0.39, 0.29) is 11.4 Å². The Hall–Kier alpha value is -1.96. The molecule has 0 amide bonds. The van der Waals surface area contributed by atoms with Crippen LogP contribution < -0.4 is 10.2 Å². The van der Waals surface area contributed by atoms with Crippen molar-refractivity contribution >= 4 is 17.7 Å². The molecule has 2 N–H and O–H groups in total. The van der Waals surface area contributed by atoms with Gasteiger partial charge in [-0.05, 0) is 24.7 Å². The highest BCUT2D eigenvalue weighted by Crippen LogP contribution is 2.38. The second kappa shape index (κ2) is 6.87. The number of oxime groups is 1. The number of alkyl halides is 3. The summed E-state index contributed by atoms with van der Waals surface area (Å²) in [7, 11) is 0. The van der Waals surface area contributed by atoms with Gasteiger partial charge in [0.25, 0.3) is 0 Å². The van der Waals surface area contributed by atoms with Gasteiger partial charge < -0.3 is 20.3 Å². The molecule has 1 aliphatic rings. The number of nitrogens with one attached hydrogen (secondary N) is 1. The highest BCUT2D eigenvalue weighted by Gasteiger charge is 2.35. The van der Waals surface area contributed by atoms with Crippen LogP contribution >= 0.6 is 0 Å². The van der Waals surface area contributed by atoms with Crippen LogP contribution in [0.1, 0.15) is 12.5 Å². The van der Waals surface area contributed by atoms with Gasteiger partial charge >= 0.3 is 6.18 Å². The largest absolute Gasteiger partial charge is 0.418 e. The van der Waals surface area contributed by atoms with E-state index >= 15 is 0 Å². The van der Waals surface area contributed by atoms with E-state index in [0.29, 0.717) is 13.1 Å². The quantitative estimate of drug-likeness (QED) is 0.388. The van der Waals surface area contributed by atoms with Crippen molar-refractivity contribution in [2.75, 3.05) is 42.9 Å². The molecule has 22 heavy (non-hydrogen) atoms. The van der Waals surface area contributed by atoms with Crippen molar-refractivity contribution in [3.05, 3.63) is 23.8 Å². The number of anilines is 2. The van der Waals surface area contributed by atoms with E-state index in [9.17, 15) is 13.2 Å². The van der Waals surface area contributed by atoms with E-state index in [1.165, 1.54) is 6.07 Å². The molecule has 1 saturated heterocycles. The molecule has 2 rings (SSSR count). The summed E-state index contributed by atoms with van der Waals surface area (Å²) in [6.45, 7) is 5.60. The predicted octanol–water partition coefficient (Wildman–Crippen LogP) is 2.68. The second-order valence-electron chi connectivity index (χ2n) is 5.04. The fraction of sp³-hybridized carbons (Fsp3) is 0.500. The van der Waals surface area contributed by atoms with E-state index in [4.69, 9.17) is 5.21 Å². The summed E-state index contributed by atoms with van der Waals surface area (Å²) in [4.78, 5) is 3.97. The second-order valence-corrected chi connectivity index (χ2v) is 5.04. The molecule has 0 aliphatic carbocycles. The Morgan fingerprint density at radius 3 is 2.50 bits per heavy atom. The topological polar surface area (TPSA) is 51.1 Å². The van der Waals surface area contributed by atoms with Crippen molar-refractivity contribution in [3.8, 4) is 0 Å². The number of hydrogen-bond acceptors (Lipinski definition) is 4.